The van der Waals surface area contributed by atoms with Crippen molar-refractivity contribution in [2.24, 2.45) is 5.84 Å². The zero-order valence-corrected chi connectivity index (χ0v) is 7.85. The van der Waals surface area contributed by atoms with Crippen molar-refractivity contribution in [2.75, 3.05) is 0 Å². The van der Waals surface area contributed by atoms with E-state index in [-0.39, 0.29) is 9.09 Å². The third-order valence-electron chi connectivity index (χ3n) is 1.21. The Morgan fingerprint density at radius 1 is 1.54 bits per heavy atom. The minimum absolute atomic E-state index is 0.0474. The first-order valence-electron chi connectivity index (χ1n) is 3.03. The van der Waals surface area contributed by atoms with Crippen molar-refractivity contribution >= 4 is 27.3 Å². The number of carboxylic acid groups (broad SMARTS) is 1. The molecular formula is C5H6N2O4S2. The van der Waals surface area contributed by atoms with Gasteiger partial charge in [-0.3, -0.25) is 5.84 Å². The molecule has 0 unspecified atom stereocenters. The summed E-state index contributed by atoms with van der Waals surface area (Å²) in [5.41, 5.74) is 0. The average molecular weight is 222 g/mol. The number of hydrazine groups is 1. The lowest BCUT2D eigenvalue weighted by molar-refractivity contribution is 0.0702. The molecule has 0 saturated carbocycles. The van der Waals surface area contributed by atoms with Gasteiger partial charge in [-0.15, -0.1) is 16.2 Å². The highest BCUT2D eigenvalue weighted by atomic mass is 32.2. The second-order valence-corrected chi connectivity index (χ2v) is 5.07. The summed E-state index contributed by atoms with van der Waals surface area (Å²) < 4.78 is 21.9. The molecule has 6 nitrogen and oxygen atoms in total. The first-order chi connectivity index (χ1) is 5.97. The zero-order valence-electron chi connectivity index (χ0n) is 6.22. The molecular weight excluding hydrogens is 216 g/mol. The topological polar surface area (TPSA) is 109 Å². The summed E-state index contributed by atoms with van der Waals surface area (Å²) in [6, 6.07) is 2.39. The summed E-state index contributed by atoms with van der Waals surface area (Å²) in [5.74, 6) is 3.58. The summed E-state index contributed by atoms with van der Waals surface area (Å²) in [5, 5.41) is 8.50. The van der Waals surface area contributed by atoms with Gasteiger partial charge in [0.2, 0.25) is 0 Å². The molecule has 0 saturated heterocycles. The van der Waals surface area contributed by atoms with Crippen LogP contribution in [0.2, 0.25) is 0 Å². The van der Waals surface area contributed by atoms with Crippen LogP contribution in [0.1, 0.15) is 9.67 Å². The smallest absolute Gasteiger partial charge is 0.345 e. The van der Waals surface area contributed by atoms with Gasteiger partial charge in [-0.1, -0.05) is 0 Å². The summed E-state index contributed by atoms with van der Waals surface area (Å²) in [6.07, 6.45) is 0. The van der Waals surface area contributed by atoms with E-state index in [2.05, 4.69) is 0 Å². The maximum absolute atomic E-state index is 11.0. The quantitative estimate of drug-likeness (QED) is 0.476. The lowest BCUT2D eigenvalue weighted by Gasteiger charge is -1.95. The molecule has 8 heteroatoms. The van der Waals surface area contributed by atoms with E-state index in [0.717, 1.165) is 0 Å². The van der Waals surface area contributed by atoms with Crippen LogP contribution in [0, 0.1) is 0 Å². The predicted molar refractivity (Wildman–Crippen MR) is 45.8 cm³/mol. The number of thiophene rings is 1. The molecule has 0 aliphatic rings. The molecule has 1 heterocycles. The lowest BCUT2D eigenvalue weighted by Crippen LogP contribution is -2.29. The van der Waals surface area contributed by atoms with Crippen LogP contribution in [0.4, 0.5) is 0 Å². The SMILES string of the molecule is NNS(=O)(=O)c1ccc(C(=O)O)s1. The summed E-state index contributed by atoms with van der Waals surface area (Å²) in [6.45, 7) is 0. The highest BCUT2D eigenvalue weighted by Gasteiger charge is 2.16. The Morgan fingerprint density at radius 3 is 2.54 bits per heavy atom. The summed E-state index contributed by atoms with van der Waals surface area (Å²) in [7, 11) is -3.73. The fourth-order valence-electron chi connectivity index (χ4n) is 0.638. The third-order valence-corrected chi connectivity index (χ3v) is 3.96. The van der Waals surface area contributed by atoms with Gasteiger partial charge in [-0.2, -0.15) is 0 Å². The molecule has 4 N–H and O–H groups in total. The van der Waals surface area contributed by atoms with Gasteiger partial charge in [0.05, 0.1) is 0 Å². The minimum atomic E-state index is -3.73. The number of nitrogens with one attached hydrogen (secondary N) is 1. The molecule has 1 aromatic heterocycles. The number of carbonyl (C=O) groups is 1. The summed E-state index contributed by atoms with van der Waals surface area (Å²) in [4.78, 5) is 11.9. The molecule has 0 spiro atoms. The van der Waals surface area contributed by atoms with Gasteiger partial charge >= 0.3 is 5.97 Å². The lowest BCUT2D eigenvalue weighted by atomic mass is 10.5. The number of carboxylic acids is 1. The average Bonchev–Trinajstić information content (AvgIpc) is 2.52. The molecule has 0 radical (unpaired) electrons. The minimum Gasteiger partial charge on any atom is -0.477 e. The van der Waals surface area contributed by atoms with Crippen LogP contribution in [0.5, 0.6) is 0 Å². The molecule has 0 amide bonds. The molecule has 1 rings (SSSR count). The highest BCUT2D eigenvalue weighted by molar-refractivity contribution is 7.91. The molecule has 0 aromatic carbocycles. The van der Waals surface area contributed by atoms with E-state index in [1.807, 2.05) is 0 Å². The molecule has 0 fully saturated rings. The van der Waals surface area contributed by atoms with Gasteiger partial charge in [0, 0.05) is 0 Å². The Labute approximate surface area is 78.0 Å². The molecule has 0 aliphatic carbocycles. The predicted octanol–water partition coefficient (Wildman–Crippen LogP) is -0.402. The van der Waals surface area contributed by atoms with Crippen LogP contribution < -0.4 is 10.7 Å². The molecule has 0 atom stereocenters. The number of sulfonamides is 1. The van der Waals surface area contributed by atoms with Gasteiger partial charge in [0.15, 0.2) is 0 Å². The summed E-state index contributed by atoms with van der Waals surface area (Å²) >= 11 is 0.642. The first kappa shape index (κ1) is 10.1. The maximum Gasteiger partial charge on any atom is 0.345 e. The van der Waals surface area contributed by atoms with E-state index >= 15 is 0 Å². The molecule has 0 bridgehead atoms. The van der Waals surface area contributed by atoms with E-state index in [0.29, 0.717) is 11.3 Å². The molecule has 72 valence electrons. The Hall–Kier alpha value is -0.960. The van der Waals surface area contributed by atoms with Crippen molar-refractivity contribution in [1.29, 1.82) is 0 Å². The second kappa shape index (κ2) is 3.42. The van der Waals surface area contributed by atoms with E-state index in [9.17, 15) is 13.2 Å². The number of rotatable bonds is 3. The van der Waals surface area contributed by atoms with Gasteiger partial charge in [-0.05, 0) is 12.1 Å². The van der Waals surface area contributed by atoms with Crippen LogP contribution in [0.15, 0.2) is 16.3 Å². The van der Waals surface area contributed by atoms with Crippen molar-refractivity contribution in [2.45, 2.75) is 4.21 Å². The monoisotopic (exact) mass is 222 g/mol. The Bertz CT molecular complexity index is 421. The number of hydrogen-bond acceptors (Lipinski definition) is 5. The fraction of sp³-hybridized carbons (Fsp3) is 0. The molecule has 1 aromatic rings. The van der Waals surface area contributed by atoms with Crippen molar-refractivity contribution in [3.8, 4) is 0 Å². The molecule has 0 aliphatic heterocycles. The van der Waals surface area contributed by atoms with Crippen LogP contribution in [-0.4, -0.2) is 19.5 Å². The normalized spacial score (nSPS) is 11.5. The zero-order chi connectivity index (χ0) is 10.1. The first-order valence-corrected chi connectivity index (χ1v) is 5.33. The number of nitrogens with two attached hydrogens (primary N) is 1. The van der Waals surface area contributed by atoms with Crippen molar-refractivity contribution < 1.29 is 18.3 Å². The standard InChI is InChI=1S/C5H6N2O4S2/c6-7-13(10,11)4-2-1-3(12-4)5(8)9/h1-2,7H,6H2,(H,8,9). The van der Waals surface area contributed by atoms with Gasteiger partial charge in [0.25, 0.3) is 10.0 Å². The van der Waals surface area contributed by atoms with Crippen molar-refractivity contribution in [3.63, 3.8) is 0 Å². The highest BCUT2D eigenvalue weighted by Crippen LogP contribution is 2.20. The van der Waals surface area contributed by atoms with Gasteiger partial charge in [-0.25, -0.2) is 13.2 Å². The Balaban J connectivity index is 3.13. The van der Waals surface area contributed by atoms with E-state index in [1.165, 1.54) is 12.1 Å². The Kier molecular flexibility index (Phi) is 2.66. The van der Waals surface area contributed by atoms with E-state index in [4.69, 9.17) is 10.9 Å². The van der Waals surface area contributed by atoms with E-state index < -0.39 is 16.0 Å². The maximum atomic E-state index is 11.0. The molecule has 13 heavy (non-hydrogen) atoms. The number of aromatic carboxylic acids is 1. The van der Waals surface area contributed by atoms with Crippen LogP contribution in [0.3, 0.4) is 0 Å². The van der Waals surface area contributed by atoms with Crippen LogP contribution in [0.25, 0.3) is 0 Å². The van der Waals surface area contributed by atoms with Crippen LogP contribution in [-0.2, 0) is 10.0 Å². The van der Waals surface area contributed by atoms with Gasteiger partial charge in [0.1, 0.15) is 9.09 Å². The third kappa shape index (κ3) is 2.04. The van der Waals surface area contributed by atoms with Crippen LogP contribution >= 0.6 is 11.3 Å². The largest absolute Gasteiger partial charge is 0.477 e. The Morgan fingerprint density at radius 2 is 2.15 bits per heavy atom. The van der Waals surface area contributed by atoms with Gasteiger partial charge < -0.3 is 5.11 Å². The van der Waals surface area contributed by atoms with Crippen molar-refractivity contribution in [1.82, 2.24) is 4.83 Å². The second-order valence-electron chi connectivity index (χ2n) is 2.05. The fourth-order valence-corrected chi connectivity index (χ4v) is 2.43. The van der Waals surface area contributed by atoms with Crippen molar-refractivity contribution in [3.05, 3.63) is 17.0 Å². The number of hydrogen-bond donors (Lipinski definition) is 3. The van der Waals surface area contributed by atoms with E-state index in [1.54, 1.807) is 4.83 Å².